The summed E-state index contributed by atoms with van der Waals surface area (Å²) in [6.45, 7) is 10.8. The van der Waals surface area contributed by atoms with Crippen molar-refractivity contribution in [1.29, 1.82) is 0 Å². The molecule has 3 saturated heterocycles. The summed E-state index contributed by atoms with van der Waals surface area (Å²) in [4.78, 5) is 34.8. The highest BCUT2D eigenvalue weighted by atomic mass is 32.1. The van der Waals surface area contributed by atoms with Gasteiger partial charge in [-0.2, -0.15) is 0 Å². The van der Waals surface area contributed by atoms with Crippen LogP contribution < -0.4 is 5.32 Å². The van der Waals surface area contributed by atoms with Crippen molar-refractivity contribution in [2.24, 2.45) is 17.8 Å². The highest BCUT2D eigenvalue weighted by Crippen LogP contribution is 2.44. The second-order valence-corrected chi connectivity index (χ2v) is 9.50. The molecule has 1 N–H and O–H groups in total. The number of hydrogen-bond acceptors (Lipinski definition) is 5. The maximum atomic E-state index is 12.8. The molecule has 1 spiro atoms. The Hall–Kier alpha value is -1.47. The van der Waals surface area contributed by atoms with Crippen LogP contribution in [0.15, 0.2) is 5.51 Å². The van der Waals surface area contributed by atoms with Gasteiger partial charge in [0.15, 0.2) is 0 Å². The van der Waals surface area contributed by atoms with E-state index in [9.17, 15) is 9.59 Å². The Morgan fingerprint density at radius 1 is 1.41 bits per heavy atom. The van der Waals surface area contributed by atoms with E-state index in [4.69, 9.17) is 0 Å². The molecule has 6 nitrogen and oxygen atoms in total. The minimum Gasteiger partial charge on any atom is -0.350 e. The molecule has 4 rings (SSSR count). The van der Waals surface area contributed by atoms with E-state index in [1.54, 1.807) is 5.51 Å². The number of fused-ring (bicyclic) bond motifs is 2. The molecule has 0 unspecified atom stereocenters. The third kappa shape index (κ3) is 3.29. The van der Waals surface area contributed by atoms with Crippen LogP contribution in [0.5, 0.6) is 0 Å². The highest BCUT2D eigenvalue weighted by Gasteiger charge is 2.57. The van der Waals surface area contributed by atoms with Crippen LogP contribution in [0.1, 0.15) is 48.5 Å². The van der Waals surface area contributed by atoms with E-state index in [1.165, 1.54) is 17.8 Å². The first-order valence-corrected chi connectivity index (χ1v) is 11.0. The molecule has 3 atom stereocenters. The number of aryl methyl sites for hydroxylation is 1. The number of rotatable bonds is 4. The molecule has 0 radical (unpaired) electrons. The lowest BCUT2D eigenvalue weighted by atomic mass is 9.75. The Kier molecular flexibility index (Phi) is 5.01. The van der Waals surface area contributed by atoms with Gasteiger partial charge in [0.1, 0.15) is 4.88 Å². The number of amides is 2. The third-order valence-electron chi connectivity index (χ3n) is 6.96. The van der Waals surface area contributed by atoms with Crippen molar-refractivity contribution in [2.75, 3.05) is 32.7 Å². The minimum absolute atomic E-state index is 0.0931. The number of likely N-dealkylation sites (tertiary alicyclic amines) is 2. The number of carbonyl (C=O) groups is 2. The summed E-state index contributed by atoms with van der Waals surface area (Å²) in [5, 5.41) is 3.35. The topological polar surface area (TPSA) is 65.5 Å². The summed E-state index contributed by atoms with van der Waals surface area (Å²) in [6, 6.07) is 0. The first-order valence-electron chi connectivity index (χ1n) is 10.2. The molecule has 7 heteroatoms. The highest BCUT2D eigenvalue weighted by molar-refractivity contribution is 7.11. The number of carbonyl (C=O) groups excluding carboxylic acids is 2. The Labute approximate surface area is 165 Å². The van der Waals surface area contributed by atoms with Gasteiger partial charge in [-0.1, -0.05) is 20.3 Å². The second-order valence-electron chi connectivity index (χ2n) is 8.65. The van der Waals surface area contributed by atoms with E-state index in [2.05, 4.69) is 29.0 Å². The van der Waals surface area contributed by atoms with E-state index in [0.29, 0.717) is 24.9 Å². The Balaban J connectivity index is 1.42. The number of nitrogens with zero attached hydrogens (tertiary/aromatic N) is 3. The molecule has 27 heavy (non-hydrogen) atoms. The first kappa shape index (κ1) is 18.9. The van der Waals surface area contributed by atoms with Crippen molar-refractivity contribution in [3.8, 4) is 0 Å². The zero-order valence-electron chi connectivity index (χ0n) is 16.5. The number of hydrogen-bond donors (Lipinski definition) is 1. The fourth-order valence-corrected chi connectivity index (χ4v) is 5.89. The standard InChI is InChI=1S/C20H30N4O2S/c1-4-13(2)9-23-10-15-16(11-23)20(22-18(15)25)5-7-24(8-6-20)19(26)17-14(3)21-12-27-17/h12-13,15-16H,4-11H2,1-3H3,(H,22,25)/t13-,15+,16-/m0/s1. The van der Waals surface area contributed by atoms with E-state index in [0.717, 1.165) is 43.0 Å². The molecule has 1 aromatic rings. The van der Waals surface area contributed by atoms with Gasteiger partial charge in [0.25, 0.3) is 5.91 Å². The number of aromatic nitrogens is 1. The van der Waals surface area contributed by atoms with Crippen molar-refractivity contribution in [3.05, 3.63) is 16.1 Å². The largest absolute Gasteiger partial charge is 0.350 e. The van der Waals surface area contributed by atoms with Gasteiger partial charge in [-0.3, -0.25) is 9.59 Å². The molecule has 0 bridgehead atoms. The van der Waals surface area contributed by atoms with E-state index < -0.39 is 0 Å². The van der Waals surface area contributed by atoms with Gasteiger partial charge in [-0.25, -0.2) is 4.98 Å². The molecular weight excluding hydrogens is 360 g/mol. The molecule has 4 heterocycles. The summed E-state index contributed by atoms with van der Waals surface area (Å²) in [7, 11) is 0. The monoisotopic (exact) mass is 390 g/mol. The second kappa shape index (κ2) is 7.17. The molecule has 0 saturated carbocycles. The zero-order valence-corrected chi connectivity index (χ0v) is 17.3. The summed E-state index contributed by atoms with van der Waals surface area (Å²) >= 11 is 1.42. The van der Waals surface area contributed by atoms with Crippen LogP contribution in [0.4, 0.5) is 0 Å². The lowest BCUT2D eigenvalue weighted by Gasteiger charge is -2.42. The Morgan fingerprint density at radius 3 is 2.78 bits per heavy atom. The van der Waals surface area contributed by atoms with Gasteiger partial charge in [0, 0.05) is 44.2 Å². The van der Waals surface area contributed by atoms with Gasteiger partial charge in [-0.05, 0) is 25.7 Å². The van der Waals surface area contributed by atoms with Crippen LogP contribution in [0.25, 0.3) is 0 Å². The smallest absolute Gasteiger partial charge is 0.265 e. The predicted molar refractivity (Wildman–Crippen MR) is 106 cm³/mol. The van der Waals surface area contributed by atoms with E-state index in [1.807, 2.05) is 11.8 Å². The van der Waals surface area contributed by atoms with Gasteiger partial charge in [0.05, 0.1) is 17.1 Å². The van der Waals surface area contributed by atoms with Crippen LogP contribution >= 0.6 is 11.3 Å². The molecule has 3 aliphatic rings. The fourth-order valence-electron chi connectivity index (χ4n) is 5.12. The molecule has 2 amide bonds. The van der Waals surface area contributed by atoms with Crippen LogP contribution in [-0.2, 0) is 4.79 Å². The van der Waals surface area contributed by atoms with E-state index >= 15 is 0 Å². The summed E-state index contributed by atoms with van der Waals surface area (Å²) in [5.41, 5.74) is 2.43. The fraction of sp³-hybridized carbons (Fsp3) is 0.750. The molecule has 1 aromatic heterocycles. The SMILES string of the molecule is CC[C@H](C)CN1C[C@H]2C(=O)NC3(CCN(C(=O)c4scnc4C)CC3)[C@H]2C1. The Morgan fingerprint density at radius 2 is 2.15 bits per heavy atom. The number of nitrogens with one attached hydrogen (secondary N) is 1. The van der Waals surface area contributed by atoms with Crippen molar-refractivity contribution in [2.45, 2.75) is 45.6 Å². The lowest BCUT2D eigenvalue weighted by molar-refractivity contribution is -0.123. The van der Waals surface area contributed by atoms with Gasteiger partial charge in [-0.15, -0.1) is 11.3 Å². The average Bonchev–Trinajstić information content (AvgIpc) is 3.33. The molecule has 3 fully saturated rings. The lowest BCUT2D eigenvalue weighted by Crippen LogP contribution is -2.56. The van der Waals surface area contributed by atoms with Crippen molar-refractivity contribution >= 4 is 23.2 Å². The molecule has 0 aliphatic carbocycles. The molecular formula is C20H30N4O2S. The summed E-state index contributed by atoms with van der Waals surface area (Å²) < 4.78 is 0. The van der Waals surface area contributed by atoms with Crippen molar-refractivity contribution in [3.63, 3.8) is 0 Å². The van der Waals surface area contributed by atoms with Crippen LogP contribution in [0.2, 0.25) is 0 Å². The van der Waals surface area contributed by atoms with Crippen molar-refractivity contribution < 1.29 is 9.59 Å². The van der Waals surface area contributed by atoms with Crippen LogP contribution in [0.3, 0.4) is 0 Å². The first-order chi connectivity index (χ1) is 12.9. The van der Waals surface area contributed by atoms with Gasteiger partial charge >= 0.3 is 0 Å². The Bertz CT molecular complexity index is 725. The molecule has 148 valence electrons. The van der Waals surface area contributed by atoms with Crippen LogP contribution in [0, 0.1) is 24.7 Å². The summed E-state index contributed by atoms with van der Waals surface area (Å²) in [5.74, 6) is 1.50. The molecule has 0 aromatic carbocycles. The van der Waals surface area contributed by atoms with Crippen molar-refractivity contribution in [1.82, 2.24) is 20.1 Å². The normalized spacial score (nSPS) is 28.4. The van der Waals surface area contributed by atoms with Crippen LogP contribution in [-0.4, -0.2) is 64.9 Å². The predicted octanol–water partition coefficient (Wildman–Crippen LogP) is 2.15. The summed E-state index contributed by atoms with van der Waals surface area (Å²) in [6.07, 6.45) is 2.90. The number of piperidine rings is 1. The van der Waals surface area contributed by atoms with Gasteiger partial charge < -0.3 is 15.1 Å². The quantitative estimate of drug-likeness (QED) is 0.856. The average molecular weight is 391 g/mol. The molecule has 3 aliphatic heterocycles. The minimum atomic E-state index is -0.120. The maximum absolute atomic E-state index is 12.8. The third-order valence-corrected chi connectivity index (χ3v) is 7.88. The van der Waals surface area contributed by atoms with Gasteiger partial charge in [0.2, 0.25) is 5.91 Å². The maximum Gasteiger partial charge on any atom is 0.265 e. The number of thiazole rings is 1. The zero-order chi connectivity index (χ0) is 19.2. The van der Waals surface area contributed by atoms with E-state index in [-0.39, 0.29) is 23.3 Å².